The Morgan fingerprint density at radius 2 is 2.00 bits per heavy atom. The number of H-pyrrole nitrogens is 1. The van der Waals surface area contributed by atoms with Crippen molar-refractivity contribution in [3.63, 3.8) is 0 Å². The van der Waals surface area contributed by atoms with Crippen molar-refractivity contribution in [3.05, 3.63) is 84.3 Å². The van der Waals surface area contributed by atoms with E-state index < -0.39 is 0 Å². The van der Waals surface area contributed by atoms with Crippen LogP contribution in [0.4, 0.5) is 16.3 Å². The normalized spacial score (nSPS) is 17.0. The second-order valence-electron chi connectivity index (χ2n) is 8.58. The topological polar surface area (TPSA) is 85.9 Å². The third-order valence-electron chi connectivity index (χ3n) is 6.32. The van der Waals surface area contributed by atoms with E-state index in [9.17, 15) is 4.79 Å². The van der Waals surface area contributed by atoms with Gasteiger partial charge >= 0.3 is 6.03 Å². The van der Waals surface area contributed by atoms with Crippen molar-refractivity contribution in [2.24, 2.45) is 0 Å². The highest BCUT2D eigenvalue weighted by molar-refractivity contribution is 5.89. The molecular weight excluding hydrogens is 412 g/mol. The van der Waals surface area contributed by atoms with Crippen molar-refractivity contribution in [1.82, 2.24) is 20.3 Å². The van der Waals surface area contributed by atoms with Crippen molar-refractivity contribution in [2.45, 2.75) is 31.7 Å². The van der Waals surface area contributed by atoms with Gasteiger partial charge in [0.2, 0.25) is 0 Å². The molecule has 3 heterocycles. The molecule has 2 amide bonds. The molecule has 0 radical (unpaired) electrons. The molecule has 4 aromatic rings. The third kappa shape index (κ3) is 4.67. The molecule has 33 heavy (non-hydrogen) atoms. The minimum absolute atomic E-state index is 0.0700. The van der Waals surface area contributed by atoms with E-state index in [2.05, 4.69) is 42.6 Å². The second kappa shape index (κ2) is 9.32. The van der Waals surface area contributed by atoms with Crippen LogP contribution in [0.15, 0.2) is 73.2 Å². The van der Waals surface area contributed by atoms with Crippen LogP contribution in [0.5, 0.6) is 0 Å². The average Bonchev–Trinajstić information content (AvgIpc) is 3.34. The Bertz CT molecular complexity index is 1240. The highest BCUT2D eigenvalue weighted by Crippen LogP contribution is 2.32. The lowest BCUT2D eigenvalue weighted by Crippen LogP contribution is -2.35. The number of urea groups is 1. The van der Waals surface area contributed by atoms with E-state index in [0.717, 1.165) is 54.0 Å². The SMILES string of the molecule is CC(NC(=O)Nc1cccc(C2CCCN(c3ncnc4[nH]ccc34)C2)c1)c1ccccc1. The smallest absolute Gasteiger partial charge is 0.319 e. The van der Waals surface area contributed by atoms with Gasteiger partial charge in [0.05, 0.1) is 11.4 Å². The number of amides is 2. The van der Waals surface area contributed by atoms with Gasteiger partial charge in [-0.3, -0.25) is 0 Å². The van der Waals surface area contributed by atoms with Crippen molar-refractivity contribution in [3.8, 4) is 0 Å². The monoisotopic (exact) mass is 440 g/mol. The first-order chi connectivity index (χ1) is 16.2. The third-order valence-corrected chi connectivity index (χ3v) is 6.32. The van der Waals surface area contributed by atoms with E-state index in [1.165, 1.54) is 5.56 Å². The van der Waals surface area contributed by atoms with Gasteiger partial charge in [0, 0.05) is 30.9 Å². The summed E-state index contributed by atoms with van der Waals surface area (Å²) in [6.45, 7) is 3.85. The number of aromatic amines is 1. The van der Waals surface area contributed by atoms with E-state index in [4.69, 9.17) is 0 Å². The Morgan fingerprint density at radius 1 is 1.12 bits per heavy atom. The standard InChI is InChI=1S/C26H28N6O/c1-18(19-7-3-2-4-8-19)30-26(33)31-22-11-5-9-20(15-22)21-10-6-14-32(16-21)25-23-12-13-27-24(23)28-17-29-25/h2-5,7-9,11-13,15,17-18,21H,6,10,14,16H2,1H3,(H,27,28,29)(H2,30,31,33). The Morgan fingerprint density at radius 3 is 2.88 bits per heavy atom. The fourth-order valence-corrected chi connectivity index (χ4v) is 4.61. The van der Waals surface area contributed by atoms with Crippen LogP contribution in [0.2, 0.25) is 0 Å². The number of fused-ring (bicyclic) bond motifs is 1. The Balaban J connectivity index is 1.26. The predicted octanol–water partition coefficient (Wildman–Crippen LogP) is 5.22. The van der Waals surface area contributed by atoms with E-state index in [-0.39, 0.29) is 12.1 Å². The molecule has 1 fully saturated rings. The maximum atomic E-state index is 12.6. The van der Waals surface area contributed by atoms with Gasteiger partial charge in [0.1, 0.15) is 17.8 Å². The highest BCUT2D eigenvalue weighted by Gasteiger charge is 2.24. The first kappa shape index (κ1) is 21.0. The molecule has 2 aromatic heterocycles. The van der Waals surface area contributed by atoms with Gasteiger partial charge in [-0.2, -0.15) is 0 Å². The number of rotatable bonds is 5. The lowest BCUT2D eigenvalue weighted by atomic mass is 9.90. The largest absolute Gasteiger partial charge is 0.355 e. The maximum Gasteiger partial charge on any atom is 0.319 e. The van der Waals surface area contributed by atoms with Gasteiger partial charge in [-0.15, -0.1) is 0 Å². The van der Waals surface area contributed by atoms with Crippen LogP contribution >= 0.6 is 0 Å². The summed E-state index contributed by atoms with van der Waals surface area (Å²) in [5, 5.41) is 7.06. The zero-order valence-corrected chi connectivity index (χ0v) is 18.7. The fourth-order valence-electron chi connectivity index (χ4n) is 4.61. The summed E-state index contributed by atoms with van der Waals surface area (Å²) >= 11 is 0. The second-order valence-corrected chi connectivity index (χ2v) is 8.58. The average molecular weight is 441 g/mol. The Kier molecular flexibility index (Phi) is 5.93. The molecule has 1 aliphatic heterocycles. The van der Waals surface area contributed by atoms with Crippen molar-refractivity contribution < 1.29 is 4.79 Å². The van der Waals surface area contributed by atoms with Crippen LogP contribution in [0.3, 0.4) is 0 Å². The van der Waals surface area contributed by atoms with Crippen LogP contribution in [-0.2, 0) is 0 Å². The van der Waals surface area contributed by atoms with Gasteiger partial charge in [0.15, 0.2) is 0 Å². The molecule has 2 atom stereocenters. The Hall–Kier alpha value is -3.87. The maximum absolute atomic E-state index is 12.6. The number of nitrogens with zero attached hydrogens (tertiary/aromatic N) is 3. The number of nitrogens with one attached hydrogen (secondary N) is 3. The summed E-state index contributed by atoms with van der Waals surface area (Å²) in [6, 6.07) is 19.9. The minimum Gasteiger partial charge on any atom is -0.355 e. The molecule has 0 bridgehead atoms. The molecule has 2 unspecified atom stereocenters. The molecular formula is C26H28N6O. The number of aromatic nitrogens is 3. The van der Waals surface area contributed by atoms with Crippen LogP contribution in [0.1, 0.15) is 42.9 Å². The lowest BCUT2D eigenvalue weighted by molar-refractivity contribution is 0.249. The quantitative estimate of drug-likeness (QED) is 0.397. The molecule has 1 saturated heterocycles. The molecule has 168 valence electrons. The molecule has 5 rings (SSSR count). The molecule has 3 N–H and O–H groups in total. The molecule has 1 aliphatic rings. The molecule has 7 heteroatoms. The fraction of sp³-hybridized carbons (Fsp3) is 0.269. The first-order valence-electron chi connectivity index (χ1n) is 11.4. The summed E-state index contributed by atoms with van der Waals surface area (Å²) in [4.78, 5) is 27.0. The molecule has 0 saturated carbocycles. The predicted molar refractivity (Wildman–Crippen MR) is 132 cm³/mol. The summed E-state index contributed by atoms with van der Waals surface area (Å²) in [7, 11) is 0. The lowest BCUT2D eigenvalue weighted by Gasteiger charge is -2.34. The summed E-state index contributed by atoms with van der Waals surface area (Å²) < 4.78 is 0. The van der Waals surface area contributed by atoms with Crippen molar-refractivity contribution in [1.29, 1.82) is 0 Å². The number of piperidine rings is 1. The van der Waals surface area contributed by atoms with Gasteiger partial charge in [0.25, 0.3) is 0 Å². The molecule has 0 spiro atoms. The van der Waals surface area contributed by atoms with Crippen LogP contribution in [-0.4, -0.2) is 34.1 Å². The number of hydrogen-bond acceptors (Lipinski definition) is 4. The Labute approximate surface area is 193 Å². The number of anilines is 2. The minimum atomic E-state index is -0.204. The van der Waals surface area contributed by atoms with Crippen molar-refractivity contribution in [2.75, 3.05) is 23.3 Å². The van der Waals surface area contributed by atoms with Gasteiger partial charge in [-0.1, -0.05) is 42.5 Å². The van der Waals surface area contributed by atoms with E-state index >= 15 is 0 Å². The van der Waals surface area contributed by atoms with Crippen molar-refractivity contribution >= 4 is 28.6 Å². The number of carbonyl (C=O) groups is 1. The number of hydrogen-bond donors (Lipinski definition) is 3. The van der Waals surface area contributed by atoms with E-state index in [1.54, 1.807) is 6.33 Å². The zero-order chi connectivity index (χ0) is 22.6. The highest BCUT2D eigenvalue weighted by atomic mass is 16.2. The molecule has 0 aliphatic carbocycles. The van der Waals surface area contributed by atoms with Gasteiger partial charge in [-0.25, -0.2) is 14.8 Å². The van der Waals surface area contributed by atoms with E-state index in [1.807, 2.05) is 61.7 Å². The van der Waals surface area contributed by atoms with Crippen LogP contribution in [0.25, 0.3) is 11.0 Å². The van der Waals surface area contributed by atoms with Crippen LogP contribution < -0.4 is 15.5 Å². The number of carbonyl (C=O) groups excluding carboxylic acids is 1. The molecule has 7 nitrogen and oxygen atoms in total. The van der Waals surface area contributed by atoms with Crippen LogP contribution in [0, 0.1) is 0 Å². The van der Waals surface area contributed by atoms with E-state index in [0.29, 0.717) is 5.92 Å². The van der Waals surface area contributed by atoms with Gasteiger partial charge < -0.3 is 20.5 Å². The number of benzene rings is 2. The molecule has 2 aromatic carbocycles. The summed E-state index contributed by atoms with van der Waals surface area (Å²) in [5.74, 6) is 1.35. The first-order valence-corrected chi connectivity index (χ1v) is 11.4. The summed E-state index contributed by atoms with van der Waals surface area (Å²) in [5.41, 5.74) is 3.97. The summed E-state index contributed by atoms with van der Waals surface area (Å²) in [6.07, 6.45) is 5.73. The van der Waals surface area contributed by atoms with Gasteiger partial charge in [-0.05, 0) is 49.1 Å². The zero-order valence-electron chi connectivity index (χ0n) is 18.7.